The van der Waals surface area contributed by atoms with Gasteiger partial charge in [0.15, 0.2) is 0 Å². The van der Waals surface area contributed by atoms with E-state index in [-0.39, 0.29) is 0 Å². The van der Waals surface area contributed by atoms with Gasteiger partial charge < -0.3 is 0 Å². The minimum atomic E-state index is 0.471. The van der Waals surface area contributed by atoms with Crippen molar-refractivity contribution in [3.63, 3.8) is 0 Å². The molecule has 0 spiro atoms. The van der Waals surface area contributed by atoms with Gasteiger partial charge in [-0.1, -0.05) is 75.4 Å². The first kappa shape index (κ1) is 12.9. The van der Waals surface area contributed by atoms with Crippen molar-refractivity contribution in [3.8, 4) is 0 Å². The van der Waals surface area contributed by atoms with Crippen LogP contribution in [0.2, 0.25) is 0 Å². The van der Waals surface area contributed by atoms with Crippen LogP contribution >= 0.6 is 0 Å². The lowest BCUT2D eigenvalue weighted by molar-refractivity contribution is 0.646. The Labute approximate surface area is 111 Å². The summed E-state index contributed by atoms with van der Waals surface area (Å²) in [5.74, 6) is 1.19. The summed E-state index contributed by atoms with van der Waals surface area (Å²) < 4.78 is 0. The maximum Gasteiger partial charge on any atom is 0.00611 e. The molecule has 0 bridgehead atoms. The van der Waals surface area contributed by atoms with Crippen LogP contribution in [0.25, 0.3) is 0 Å². The fourth-order valence-electron chi connectivity index (χ4n) is 2.39. The SMILES string of the molecule is CC(C)Cc1cccc(C(C)c2ccccc2)c1. The largest absolute Gasteiger partial charge is 0.0625 e. The highest BCUT2D eigenvalue weighted by Crippen LogP contribution is 2.25. The van der Waals surface area contributed by atoms with Crippen molar-refractivity contribution in [2.24, 2.45) is 5.92 Å². The Balaban J connectivity index is 2.23. The van der Waals surface area contributed by atoms with Crippen molar-refractivity contribution < 1.29 is 0 Å². The zero-order valence-corrected chi connectivity index (χ0v) is 11.6. The summed E-state index contributed by atoms with van der Waals surface area (Å²) in [6, 6.07) is 19.7. The number of rotatable bonds is 4. The Kier molecular flexibility index (Phi) is 4.19. The first-order valence-corrected chi connectivity index (χ1v) is 6.80. The molecule has 0 saturated heterocycles. The number of hydrogen-bond donors (Lipinski definition) is 0. The van der Waals surface area contributed by atoms with E-state index >= 15 is 0 Å². The van der Waals surface area contributed by atoms with Gasteiger partial charge in [-0.15, -0.1) is 0 Å². The fraction of sp³-hybridized carbons (Fsp3) is 0.333. The third kappa shape index (κ3) is 3.22. The first-order valence-electron chi connectivity index (χ1n) is 6.80. The van der Waals surface area contributed by atoms with Crippen LogP contribution in [0.4, 0.5) is 0 Å². The zero-order chi connectivity index (χ0) is 13.0. The van der Waals surface area contributed by atoms with Crippen molar-refractivity contribution in [1.82, 2.24) is 0 Å². The van der Waals surface area contributed by atoms with Gasteiger partial charge >= 0.3 is 0 Å². The predicted octanol–water partition coefficient (Wildman–Crippen LogP) is 5.04. The maximum atomic E-state index is 2.36. The van der Waals surface area contributed by atoms with Gasteiger partial charge in [-0.05, 0) is 29.0 Å². The van der Waals surface area contributed by atoms with Gasteiger partial charge in [0, 0.05) is 5.92 Å². The topological polar surface area (TPSA) is 0 Å². The second-order valence-electron chi connectivity index (χ2n) is 5.48. The molecule has 0 aliphatic heterocycles. The highest BCUT2D eigenvalue weighted by molar-refractivity contribution is 5.34. The van der Waals surface area contributed by atoms with Crippen molar-refractivity contribution in [3.05, 3.63) is 71.3 Å². The molecule has 0 radical (unpaired) electrons. The Morgan fingerprint density at radius 2 is 1.44 bits per heavy atom. The van der Waals surface area contributed by atoms with E-state index in [9.17, 15) is 0 Å². The summed E-state index contributed by atoms with van der Waals surface area (Å²) in [4.78, 5) is 0. The highest BCUT2D eigenvalue weighted by Gasteiger charge is 2.08. The molecule has 0 fully saturated rings. The van der Waals surface area contributed by atoms with Crippen LogP contribution in [-0.2, 0) is 6.42 Å². The van der Waals surface area contributed by atoms with Crippen molar-refractivity contribution >= 4 is 0 Å². The minimum Gasteiger partial charge on any atom is -0.0625 e. The highest BCUT2D eigenvalue weighted by atomic mass is 14.1. The van der Waals surface area contributed by atoms with E-state index in [1.54, 1.807) is 0 Å². The van der Waals surface area contributed by atoms with Gasteiger partial charge in [0.2, 0.25) is 0 Å². The molecule has 94 valence electrons. The molecule has 0 aliphatic rings. The molecule has 0 heteroatoms. The van der Waals surface area contributed by atoms with E-state index < -0.39 is 0 Å². The summed E-state index contributed by atoms with van der Waals surface area (Å²) in [6.07, 6.45) is 1.16. The van der Waals surface area contributed by atoms with Crippen molar-refractivity contribution in [2.45, 2.75) is 33.1 Å². The van der Waals surface area contributed by atoms with Gasteiger partial charge in [0.05, 0.1) is 0 Å². The predicted molar refractivity (Wildman–Crippen MR) is 78.9 cm³/mol. The average molecular weight is 238 g/mol. The van der Waals surface area contributed by atoms with Crippen molar-refractivity contribution in [1.29, 1.82) is 0 Å². The lowest BCUT2D eigenvalue weighted by Crippen LogP contribution is -1.99. The first-order chi connectivity index (χ1) is 8.66. The molecule has 1 atom stereocenters. The second-order valence-corrected chi connectivity index (χ2v) is 5.48. The molecule has 0 saturated carbocycles. The Morgan fingerprint density at radius 1 is 0.778 bits per heavy atom. The van der Waals surface area contributed by atoms with E-state index in [4.69, 9.17) is 0 Å². The third-order valence-corrected chi connectivity index (χ3v) is 3.39. The minimum absolute atomic E-state index is 0.471. The molecular weight excluding hydrogens is 216 g/mol. The van der Waals surface area contributed by atoms with Gasteiger partial charge in [-0.2, -0.15) is 0 Å². The number of benzene rings is 2. The third-order valence-electron chi connectivity index (χ3n) is 3.39. The van der Waals surface area contributed by atoms with E-state index in [1.807, 2.05) is 0 Å². The van der Waals surface area contributed by atoms with Crippen LogP contribution < -0.4 is 0 Å². The normalized spacial score (nSPS) is 12.7. The van der Waals surface area contributed by atoms with Gasteiger partial charge in [-0.3, -0.25) is 0 Å². The molecule has 0 amide bonds. The monoisotopic (exact) mass is 238 g/mol. The quantitative estimate of drug-likeness (QED) is 0.700. The molecule has 0 heterocycles. The van der Waals surface area contributed by atoms with E-state index in [0.29, 0.717) is 11.8 Å². The molecule has 2 aromatic carbocycles. The summed E-state index contributed by atoms with van der Waals surface area (Å²) in [5.41, 5.74) is 4.25. The van der Waals surface area contributed by atoms with Crippen LogP contribution in [-0.4, -0.2) is 0 Å². The van der Waals surface area contributed by atoms with Gasteiger partial charge in [-0.25, -0.2) is 0 Å². The van der Waals surface area contributed by atoms with E-state index in [2.05, 4.69) is 75.4 Å². The Morgan fingerprint density at radius 3 is 2.11 bits per heavy atom. The Hall–Kier alpha value is -1.56. The lowest BCUT2D eigenvalue weighted by atomic mass is 9.91. The van der Waals surface area contributed by atoms with E-state index in [1.165, 1.54) is 16.7 Å². The van der Waals surface area contributed by atoms with Crippen LogP contribution in [0.1, 0.15) is 43.4 Å². The van der Waals surface area contributed by atoms with Crippen LogP contribution in [0.3, 0.4) is 0 Å². The number of hydrogen-bond acceptors (Lipinski definition) is 0. The maximum absolute atomic E-state index is 2.36. The van der Waals surface area contributed by atoms with Crippen LogP contribution in [0, 0.1) is 5.92 Å². The molecule has 2 aromatic rings. The van der Waals surface area contributed by atoms with Crippen LogP contribution in [0.5, 0.6) is 0 Å². The van der Waals surface area contributed by atoms with Crippen LogP contribution in [0.15, 0.2) is 54.6 Å². The molecule has 0 N–H and O–H groups in total. The molecule has 0 nitrogen and oxygen atoms in total. The summed E-state index contributed by atoms with van der Waals surface area (Å²) >= 11 is 0. The molecule has 18 heavy (non-hydrogen) atoms. The molecular formula is C18H22. The molecule has 1 unspecified atom stereocenters. The van der Waals surface area contributed by atoms with Gasteiger partial charge in [0.1, 0.15) is 0 Å². The summed E-state index contributed by atoms with van der Waals surface area (Å²) in [5, 5.41) is 0. The second kappa shape index (κ2) is 5.86. The average Bonchev–Trinajstić information content (AvgIpc) is 2.38. The van der Waals surface area contributed by atoms with Gasteiger partial charge in [0.25, 0.3) is 0 Å². The van der Waals surface area contributed by atoms with E-state index in [0.717, 1.165) is 6.42 Å². The fourth-order valence-corrected chi connectivity index (χ4v) is 2.39. The standard InChI is InChI=1S/C18H22/c1-14(2)12-16-8-7-11-18(13-16)15(3)17-9-5-4-6-10-17/h4-11,13-15H,12H2,1-3H3. The molecule has 0 aliphatic carbocycles. The Bertz CT molecular complexity index is 482. The lowest BCUT2D eigenvalue weighted by Gasteiger charge is -2.14. The zero-order valence-electron chi connectivity index (χ0n) is 11.6. The summed E-state index contributed by atoms with van der Waals surface area (Å²) in [6.45, 7) is 6.82. The molecule has 2 rings (SSSR count). The summed E-state index contributed by atoms with van der Waals surface area (Å²) in [7, 11) is 0. The van der Waals surface area contributed by atoms with Crippen molar-refractivity contribution in [2.75, 3.05) is 0 Å². The molecule has 0 aromatic heterocycles. The smallest absolute Gasteiger partial charge is 0.00611 e.